The summed E-state index contributed by atoms with van der Waals surface area (Å²) in [6.45, 7) is 2.74. The van der Waals surface area contributed by atoms with Crippen LogP contribution in [0, 0.1) is 0 Å². The minimum Gasteiger partial charge on any atom is -0.350 e. The Morgan fingerprint density at radius 3 is 2.40 bits per heavy atom. The number of carbonyl (C=O) groups excluding carboxylic acids is 1. The highest BCUT2D eigenvalue weighted by atomic mass is 32.2. The molecule has 0 bridgehead atoms. The van der Waals surface area contributed by atoms with Gasteiger partial charge in [0.15, 0.2) is 0 Å². The monoisotopic (exact) mass is 379 g/mol. The molecule has 1 aromatic carbocycles. The molecule has 2 heterocycles. The van der Waals surface area contributed by atoms with Crippen molar-refractivity contribution >= 4 is 27.3 Å². The van der Waals surface area contributed by atoms with Crippen LogP contribution in [0.2, 0.25) is 0 Å². The van der Waals surface area contributed by atoms with Gasteiger partial charge in [-0.3, -0.25) is 9.69 Å². The zero-order valence-corrected chi connectivity index (χ0v) is 15.4. The van der Waals surface area contributed by atoms with Crippen molar-refractivity contribution in [2.75, 3.05) is 32.7 Å². The van der Waals surface area contributed by atoms with Gasteiger partial charge in [0.25, 0.3) is 0 Å². The minimum absolute atomic E-state index is 0.0345. The van der Waals surface area contributed by atoms with E-state index in [1.54, 1.807) is 41.7 Å². The number of carbonyl (C=O) groups is 1. The van der Waals surface area contributed by atoms with Crippen molar-refractivity contribution in [3.8, 4) is 0 Å². The maximum absolute atomic E-state index is 12.6. The second kappa shape index (κ2) is 8.09. The van der Waals surface area contributed by atoms with E-state index in [0.717, 1.165) is 4.88 Å². The van der Waals surface area contributed by atoms with Crippen molar-refractivity contribution in [2.45, 2.75) is 11.4 Å². The smallest absolute Gasteiger partial charge is 0.243 e. The van der Waals surface area contributed by atoms with Crippen LogP contribution in [-0.2, 0) is 21.4 Å². The number of hydrogen-bond acceptors (Lipinski definition) is 5. The van der Waals surface area contributed by atoms with Crippen LogP contribution in [0.1, 0.15) is 4.88 Å². The Morgan fingerprint density at radius 1 is 1.04 bits per heavy atom. The van der Waals surface area contributed by atoms with E-state index in [1.807, 2.05) is 22.4 Å². The lowest BCUT2D eigenvalue weighted by molar-refractivity contribution is -0.122. The topological polar surface area (TPSA) is 69.7 Å². The summed E-state index contributed by atoms with van der Waals surface area (Å²) in [5.74, 6) is -0.0345. The quantitative estimate of drug-likeness (QED) is 0.823. The molecule has 25 heavy (non-hydrogen) atoms. The largest absolute Gasteiger partial charge is 0.350 e. The van der Waals surface area contributed by atoms with Gasteiger partial charge in [-0.15, -0.1) is 11.3 Å². The second-order valence-electron chi connectivity index (χ2n) is 5.85. The Balaban J connectivity index is 1.48. The van der Waals surface area contributed by atoms with E-state index in [9.17, 15) is 13.2 Å². The molecule has 8 heteroatoms. The van der Waals surface area contributed by atoms with E-state index >= 15 is 0 Å². The Bertz CT molecular complexity index is 784. The fraction of sp³-hybridized carbons (Fsp3) is 0.353. The molecule has 0 spiro atoms. The fourth-order valence-electron chi connectivity index (χ4n) is 2.73. The molecule has 1 saturated heterocycles. The number of hydrogen-bond donors (Lipinski definition) is 1. The molecule has 1 N–H and O–H groups in total. The summed E-state index contributed by atoms with van der Waals surface area (Å²) in [6, 6.07) is 12.4. The average molecular weight is 380 g/mol. The van der Waals surface area contributed by atoms with Gasteiger partial charge in [0.05, 0.1) is 18.0 Å². The van der Waals surface area contributed by atoms with Gasteiger partial charge in [0.2, 0.25) is 15.9 Å². The normalized spacial score (nSPS) is 16.6. The van der Waals surface area contributed by atoms with Crippen LogP contribution < -0.4 is 5.32 Å². The van der Waals surface area contributed by atoms with Crippen LogP contribution in [0.3, 0.4) is 0 Å². The summed E-state index contributed by atoms with van der Waals surface area (Å²) >= 11 is 1.61. The van der Waals surface area contributed by atoms with E-state index < -0.39 is 10.0 Å². The number of nitrogens with zero attached hydrogens (tertiary/aromatic N) is 2. The molecule has 134 valence electrons. The third kappa shape index (κ3) is 4.66. The summed E-state index contributed by atoms with van der Waals surface area (Å²) in [6.07, 6.45) is 0. The van der Waals surface area contributed by atoms with E-state index in [0.29, 0.717) is 44.2 Å². The Kier molecular flexibility index (Phi) is 5.85. The molecular formula is C17H21N3O3S2. The van der Waals surface area contributed by atoms with Gasteiger partial charge in [-0.2, -0.15) is 4.31 Å². The van der Waals surface area contributed by atoms with E-state index in [4.69, 9.17) is 0 Å². The maximum Gasteiger partial charge on any atom is 0.243 e. The summed E-state index contributed by atoms with van der Waals surface area (Å²) in [5, 5.41) is 4.88. The molecule has 0 saturated carbocycles. The van der Waals surface area contributed by atoms with Crippen LogP contribution in [0.5, 0.6) is 0 Å². The Labute approximate surface area is 152 Å². The lowest BCUT2D eigenvalue weighted by Gasteiger charge is -2.33. The first-order valence-corrected chi connectivity index (χ1v) is 10.4. The zero-order chi connectivity index (χ0) is 17.7. The molecule has 0 atom stereocenters. The van der Waals surface area contributed by atoms with Crippen LogP contribution in [0.25, 0.3) is 0 Å². The highest BCUT2D eigenvalue weighted by molar-refractivity contribution is 7.89. The molecule has 1 aliphatic heterocycles. The predicted molar refractivity (Wildman–Crippen MR) is 97.8 cm³/mol. The number of thiophene rings is 1. The summed E-state index contributed by atoms with van der Waals surface area (Å²) in [4.78, 5) is 15.4. The van der Waals surface area contributed by atoms with Crippen molar-refractivity contribution in [1.29, 1.82) is 0 Å². The molecule has 0 unspecified atom stereocenters. The minimum atomic E-state index is -3.45. The summed E-state index contributed by atoms with van der Waals surface area (Å²) < 4.78 is 26.6. The number of benzene rings is 1. The third-order valence-electron chi connectivity index (χ3n) is 4.12. The first kappa shape index (κ1) is 18.1. The number of sulfonamides is 1. The standard InChI is InChI=1S/C17H21N3O3S2/c21-17(18-13-15-5-4-12-24-15)14-19-8-10-20(11-9-19)25(22,23)16-6-2-1-3-7-16/h1-7,12H,8-11,13-14H2,(H,18,21). The molecule has 1 aliphatic rings. The number of rotatable bonds is 6. The van der Waals surface area contributed by atoms with Crippen LogP contribution in [0.15, 0.2) is 52.7 Å². The Morgan fingerprint density at radius 2 is 1.76 bits per heavy atom. The molecule has 0 aliphatic carbocycles. The van der Waals surface area contributed by atoms with Crippen molar-refractivity contribution in [1.82, 2.24) is 14.5 Å². The van der Waals surface area contributed by atoms with Gasteiger partial charge in [-0.25, -0.2) is 8.42 Å². The molecule has 2 aromatic rings. The van der Waals surface area contributed by atoms with Crippen molar-refractivity contribution in [3.63, 3.8) is 0 Å². The van der Waals surface area contributed by atoms with Gasteiger partial charge >= 0.3 is 0 Å². The molecular weight excluding hydrogens is 358 g/mol. The lowest BCUT2D eigenvalue weighted by Crippen LogP contribution is -2.50. The molecule has 3 rings (SSSR count). The van der Waals surface area contributed by atoms with Crippen molar-refractivity contribution < 1.29 is 13.2 Å². The fourth-order valence-corrected chi connectivity index (χ4v) is 4.82. The van der Waals surface area contributed by atoms with Crippen LogP contribution in [0.4, 0.5) is 0 Å². The van der Waals surface area contributed by atoms with Crippen molar-refractivity contribution in [2.24, 2.45) is 0 Å². The first-order chi connectivity index (χ1) is 12.1. The van der Waals surface area contributed by atoms with E-state index in [2.05, 4.69) is 5.32 Å². The third-order valence-corrected chi connectivity index (χ3v) is 6.91. The predicted octanol–water partition coefficient (Wildman–Crippen LogP) is 1.37. The lowest BCUT2D eigenvalue weighted by atomic mass is 10.3. The van der Waals surface area contributed by atoms with Gasteiger partial charge in [-0.1, -0.05) is 24.3 Å². The summed E-state index contributed by atoms with van der Waals surface area (Å²) in [7, 11) is -3.45. The highest BCUT2D eigenvalue weighted by Gasteiger charge is 2.28. The van der Waals surface area contributed by atoms with Crippen molar-refractivity contribution in [3.05, 3.63) is 52.7 Å². The second-order valence-corrected chi connectivity index (χ2v) is 8.82. The van der Waals surface area contributed by atoms with Gasteiger partial charge in [-0.05, 0) is 23.6 Å². The SMILES string of the molecule is O=C(CN1CCN(S(=O)(=O)c2ccccc2)CC1)NCc1cccs1. The maximum atomic E-state index is 12.6. The van der Waals surface area contributed by atoms with Gasteiger partial charge < -0.3 is 5.32 Å². The van der Waals surface area contributed by atoms with Gasteiger partial charge in [0, 0.05) is 31.1 Å². The van der Waals surface area contributed by atoms with E-state index in [-0.39, 0.29) is 5.91 Å². The van der Waals surface area contributed by atoms with Crippen LogP contribution >= 0.6 is 11.3 Å². The summed E-state index contributed by atoms with van der Waals surface area (Å²) in [5.41, 5.74) is 0. The Hall–Kier alpha value is -1.74. The van der Waals surface area contributed by atoms with E-state index in [1.165, 1.54) is 4.31 Å². The molecule has 1 fully saturated rings. The number of piperazine rings is 1. The number of amides is 1. The molecule has 6 nitrogen and oxygen atoms in total. The molecule has 1 amide bonds. The number of nitrogens with one attached hydrogen (secondary N) is 1. The van der Waals surface area contributed by atoms with Crippen LogP contribution in [-0.4, -0.2) is 56.3 Å². The van der Waals surface area contributed by atoms with Gasteiger partial charge in [0.1, 0.15) is 0 Å². The zero-order valence-electron chi connectivity index (χ0n) is 13.8. The average Bonchev–Trinajstić information content (AvgIpc) is 3.15. The highest BCUT2D eigenvalue weighted by Crippen LogP contribution is 2.17. The molecule has 1 aromatic heterocycles. The first-order valence-electron chi connectivity index (χ1n) is 8.12. The molecule has 0 radical (unpaired) electrons.